The maximum absolute atomic E-state index is 12.9. The number of hydrogen-bond acceptors (Lipinski definition) is 5. The van der Waals surface area contributed by atoms with E-state index in [-0.39, 0.29) is 5.91 Å². The molecule has 0 aromatic carbocycles. The summed E-state index contributed by atoms with van der Waals surface area (Å²) in [5.41, 5.74) is 0.646. The fraction of sp³-hybridized carbons (Fsp3) is 0.176. The molecule has 0 fully saturated rings. The number of carbonyl (C=O) groups is 1. The van der Waals surface area contributed by atoms with E-state index in [1.54, 1.807) is 34.8 Å². The molecule has 0 atom stereocenters. The molecule has 0 spiro atoms. The normalized spacial score (nSPS) is 10.7. The second-order valence-electron chi connectivity index (χ2n) is 4.91. The highest BCUT2D eigenvalue weighted by molar-refractivity contribution is 7.98. The fourth-order valence-electron chi connectivity index (χ4n) is 2.22. The molecule has 3 rings (SSSR count). The molecule has 0 unspecified atom stereocenters. The van der Waals surface area contributed by atoms with Gasteiger partial charge in [0.25, 0.3) is 5.91 Å². The van der Waals surface area contributed by atoms with Gasteiger partial charge in [0.2, 0.25) is 0 Å². The summed E-state index contributed by atoms with van der Waals surface area (Å²) in [6, 6.07) is 11.3. The number of aromatic nitrogens is 1. The van der Waals surface area contributed by atoms with Gasteiger partial charge in [0, 0.05) is 16.6 Å². The van der Waals surface area contributed by atoms with Crippen LogP contribution in [-0.2, 0) is 13.1 Å². The monoisotopic (exact) mass is 344 g/mol. The van der Waals surface area contributed by atoms with Crippen molar-refractivity contribution in [3.05, 3.63) is 70.4 Å². The molecule has 0 saturated heterocycles. The summed E-state index contributed by atoms with van der Waals surface area (Å²) in [6.45, 7) is 1.01. The molecule has 4 nitrogen and oxygen atoms in total. The average molecular weight is 344 g/mol. The second-order valence-corrected chi connectivity index (χ2v) is 6.77. The van der Waals surface area contributed by atoms with Gasteiger partial charge in [-0.3, -0.25) is 4.79 Å². The predicted molar refractivity (Wildman–Crippen MR) is 92.6 cm³/mol. The summed E-state index contributed by atoms with van der Waals surface area (Å²) < 4.78 is 5.41. The van der Waals surface area contributed by atoms with Crippen LogP contribution in [0, 0.1) is 0 Å². The number of amides is 1. The van der Waals surface area contributed by atoms with Gasteiger partial charge in [-0.2, -0.15) is 0 Å². The van der Waals surface area contributed by atoms with Gasteiger partial charge in [-0.15, -0.1) is 23.1 Å². The van der Waals surface area contributed by atoms with Crippen LogP contribution in [0.2, 0.25) is 0 Å². The van der Waals surface area contributed by atoms with Gasteiger partial charge in [-0.05, 0) is 42.0 Å². The van der Waals surface area contributed by atoms with Crippen molar-refractivity contribution in [3.63, 3.8) is 0 Å². The molecule has 0 N–H and O–H groups in total. The highest BCUT2D eigenvalue weighted by atomic mass is 32.2. The second kappa shape index (κ2) is 7.48. The summed E-state index contributed by atoms with van der Waals surface area (Å²) >= 11 is 3.17. The van der Waals surface area contributed by atoms with E-state index >= 15 is 0 Å². The lowest BCUT2D eigenvalue weighted by molar-refractivity contribution is 0.0719. The Morgan fingerprint density at radius 1 is 1.30 bits per heavy atom. The molecule has 6 heteroatoms. The fourth-order valence-corrected chi connectivity index (χ4v) is 3.35. The zero-order chi connectivity index (χ0) is 16.1. The van der Waals surface area contributed by atoms with Crippen LogP contribution in [0.15, 0.2) is 63.7 Å². The lowest BCUT2D eigenvalue weighted by Crippen LogP contribution is -2.29. The van der Waals surface area contributed by atoms with Crippen LogP contribution < -0.4 is 0 Å². The van der Waals surface area contributed by atoms with E-state index in [4.69, 9.17) is 4.42 Å². The molecule has 3 heterocycles. The summed E-state index contributed by atoms with van der Waals surface area (Å²) in [5.74, 6) is 0.751. The number of pyridine rings is 1. The summed E-state index contributed by atoms with van der Waals surface area (Å²) in [6.07, 6.45) is 5.25. The van der Waals surface area contributed by atoms with Crippen molar-refractivity contribution in [1.29, 1.82) is 0 Å². The number of carbonyl (C=O) groups excluding carboxylic acids is 1. The van der Waals surface area contributed by atoms with Crippen molar-refractivity contribution in [2.75, 3.05) is 6.26 Å². The first-order valence-electron chi connectivity index (χ1n) is 7.10. The van der Waals surface area contributed by atoms with Crippen LogP contribution >= 0.6 is 23.1 Å². The molecule has 0 aliphatic carbocycles. The molecule has 118 valence electrons. The van der Waals surface area contributed by atoms with E-state index in [0.717, 1.165) is 15.7 Å². The Kier molecular flexibility index (Phi) is 5.15. The van der Waals surface area contributed by atoms with Gasteiger partial charge in [-0.25, -0.2) is 4.98 Å². The first-order chi connectivity index (χ1) is 11.3. The first kappa shape index (κ1) is 15.8. The average Bonchev–Trinajstić information content (AvgIpc) is 3.27. The van der Waals surface area contributed by atoms with E-state index in [2.05, 4.69) is 4.98 Å². The van der Waals surface area contributed by atoms with Crippen molar-refractivity contribution < 1.29 is 9.21 Å². The minimum Gasteiger partial charge on any atom is -0.467 e. The van der Waals surface area contributed by atoms with Crippen LogP contribution in [-0.4, -0.2) is 22.0 Å². The smallest absolute Gasteiger partial charge is 0.254 e. The molecule has 0 saturated carbocycles. The molecule has 3 aromatic heterocycles. The maximum Gasteiger partial charge on any atom is 0.254 e. The van der Waals surface area contributed by atoms with Gasteiger partial charge in [0.1, 0.15) is 5.76 Å². The lowest BCUT2D eigenvalue weighted by Gasteiger charge is -2.21. The third-order valence-corrected chi connectivity index (χ3v) is 4.83. The lowest BCUT2D eigenvalue weighted by atomic mass is 10.2. The Bertz CT molecular complexity index is 719. The Morgan fingerprint density at radius 2 is 2.22 bits per heavy atom. The Balaban J connectivity index is 1.84. The van der Waals surface area contributed by atoms with Crippen LogP contribution in [0.3, 0.4) is 0 Å². The van der Waals surface area contributed by atoms with E-state index in [9.17, 15) is 4.79 Å². The van der Waals surface area contributed by atoms with Gasteiger partial charge < -0.3 is 9.32 Å². The molecule has 0 aliphatic heterocycles. The van der Waals surface area contributed by atoms with E-state index in [1.165, 1.54) is 11.8 Å². The topological polar surface area (TPSA) is 46.3 Å². The third-order valence-electron chi connectivity index (χ3n) is 3.33. The molecule has 3 aromatic rings. The third kappa shape index (κ3) is 4.03. The number of rotatable bonds is 6. The van der Waals surface area contributed by atoms with Gasteiger partial charge in [-0.1, -0.05) is 6.07 Å². The van der Waals surface area contributed by atoms with Crippen LogP contribution in [0.25, 0.3) is 0 Å². The van der Waals surface area contributed by atoms with Gasteiger partial charge in [0.15, 0.2) is 0 Å². The van der Waals surface area contributed by atoms with Crippen molar-refractivity contribution in [2.24, 2.45) is 0 Å². The molecular formula is C17H16N2O2S2. The minimum atomic E-state index is -0.0208. The van der Waals surface area contributed by atoms with Crippen LogP contribution in [0.1, 0.15) is 21.0 Å². The number of furan rings is 1. The Morgan fingerprint density at radius 3 is 2.91 bits per heavy atom. The highest BCUT2D eigenvalue weighted by Gasteiger charge is 2.18. The molecule has 0 aliphatic rings. The van der Waals surface area contributed by atoms with Crippen LogP contribution in [0.5, 0.6) is 0 Å². The van der Waals surface area contributed by atoms with Crippen molar-refractivity contribution in [2.45, 2.75) is 18.1 Å². The Labute approximate surface area is 143 Å². The zero-order valence-electron chi connectivity index (χ0n) is 12.6. The van der Waals surface area contributed by atoms with Crippen LogP contribution in [0.4, 0.5) is 0 Å². The molecule has 23 heavy (non-hydrogen) atoms. The quantitative estimate of drug-likeness (QED) is 0.626. The van der Waals surface area contributed by atoms with Crippen molar-refractivity contribution in [3.8, 4) is 0 Å². The SMILES string of the molecule is CSc1cc(C(=O)N(Cc2ccco2)Cc2cccs2)ccn1. The standard InChI is InChI=1S/C17H16N2O2S2/c1-22-16-10-13(6-7-18-16)17(20)19(11-14-4-2-8-21-14)12-15-5-3-9-23-15/h2-10H,11-12H2,1H3. The van der Waals surface area contributed by atoms with E-state index in [0.29, 0.717) is 18.7 Å². The zero-order valence-corrected chi connectivity index (χ0v) is 14.3. The van der Waals surface area contributed by atoms with Gasteiger partial charge in [0.05, 0.1) is 24.4 Å². The van der Waals surface area contributed by atoms with E-state index in [1.807, 2.05) is 42.0 Å². The van der Waals surface area contributed by atoms with Gasteiger partial charge >= 0.3 is 0 Å². The largest absolute Gasteiger partial charge is 0.467 e. The number of thiophene rings is 1. The molecule has 0 radical (unpaired) electrons. The Hall–Kier alpha value is -2.05. The number of nitrogens with zero attached hydrogens (tertiary/aromatic N) is 2. The van der Waals surface area contributed by atoms with Crippen molar-refractivity contribution in [1.82, 2.24) is 9.88 Å². The predicted octanol–water partition coefficient (Wildman–Crippen LogP) is 4.30. The number of hydrogen-bond donors (Lipinski definition) is 0. The summed E-state index contributed by atoms with van der Waals surface area (Å²) in [5, 5.41) is 2.85. The maximum atomic E-state index is 12.9. The first-order valence-corrected chi connectivity index (χ1v) is 9.21. The molecule has 1 amide bonds. The summed E-state index contributed by atoms with van der Waals surface area (Å²) in [4.78, 5) is 20.1. The summed E-state index contributed by atoms with van der Waals surface area (Å²) in [7, 11) is 0. The molecule has 0 bridgehead atoms. The van der Waals surface area contributed by atoms with Crippen molar-refractivity contribution >= 4 is 29.0 Å². The highest BCUT2D eigenvalue weighted by Crippen LogP contribution is 2.19. The number of thioether (sulfide) groups is 1. The van der Waals surface area contributed by atoms with E-state index < -0.39 is 0 Å². The minimum absolute atomic E-state index is 0.0208. The molecular weight excluding hydrogens is 328 g/mol.